The first-order chi connectivity index (χ1) is 11.2. The normalized spacial score (nSPS) is 14.3. The second-order valence-corrected chi connectivity index (χ2v) is 8.90. The lowest BCUT2D eigenvalue weighted by molar-refractivity contribution is 0.136. The maximum atomic E-state index is 11.3. The molecule has 2 atom stereocenters. The van der Waals surface area contributed by atoms with Crippen LogP contribution in [0.25, 0.3) is 0 Å². The first-order valence-electron chi connectivity index (χ1n) is 7.27. The molecule has 5 N–H and O–H groups in total. The van der Waals surface area contributed by atoms with E-state index >= 15 is 0 Å². The monoisotopic (exact) mass is 370 g/mol. The van der Waals surface area contributed by atoms with Gasteiger partial charge in [-0.1, -0.05) is 25.1 Å². The van der Waals surface area contributed by atoms with Crippen molar-refractivity contribution in [2.75, 3.05) is 0 Å². The van der Waals surface area contributed by atoms with Crippen molar-refractivity contribution >= 4 is 18.2 Å². The number of rotatable bonds is 6. The Morgan fingerprint density at radius 1 is 1.08 bits per heavy atom. The Balaban J connectivity index is 2.45. The summed E-state index contributed by atoms with van der Waals surface area (Å²) in [7, 11) is 0. The van der Waals surface area contributed by atoms with Gasteiger partial charge in [0.05, 0.1) is 6.10 Å². The third-order valence-corrected chi connectivity index (χ3v) is 5.79. The van der Waals surface area contributed by atoms with Crippen molar-refractivity contribution in [2.24, 2.45) is 0 Å². The summed E-state index contributed by atoms with van der Waals surface area (Å²) in [4.78, 5) is 18.5. The molecule has 2 unspecified atom stereocenters. The standard InChI is InChI=1S/C16H19O6PS/c1-2-12(10-6-8-11(17)9-7-10)16(19)15-13(18)4-3-5-14(15)24-23(20,21)22/h3-9,12,16-19H,2H2,1H3,(H2,20,21,22). The van der Waals surface area contributed by atoms with Gasteiger partial charge in [0.1, 0.15) is 11.5 Å². The van der Waals surface area contributed by atoms with Crippen LogP contribution in [0.4, 0.5) is 0 Å². The molecule has 2 aromatic rings. The lowest BCUT2D eigenvalue weighted by Crippen LogP contribution is -2.11. The van der Waals surface area contributed by atoms with Gasteiger partial charge < -0.3 is 25.1 Å². The molecule has 0 aliphatic rings. The van der Waals surface area contributed by atoms with Crippen molar-refractivity contribution in [1.29, 1.82) is 0 Å². The lowest BCUT2D eigenvalue weighted by atomic mass is 9.87. The van der Waals surface area contributed by atoms with Crippen LogP contribution >= 0.6 is 18.2 Å². The summed E-state index contributed by atoms with van der Waals surface area (Å²) >= 11 is 0.302. The highest BCUT2D eigenvalue weighted by Crippen LogP contribution is 2.57. The Morgan fingerprint density at radius 2 is 1.71 bits per heavy atom. The van der Waals surface area contributed by atoms with E-state index in [0.29, 0.717) is 17.8 Å². The molecule has 6 nitrogen and oxygen atoms in total. The number of phenols is 2. The summed E-state index contributed by atoms with van der Waals surface area (Å²) in [6, 6.07) is 10.6. The highest BCUT2D eigenvalue weighted by molar-refractivity contribution is 8.54. The number of benzene rings is 2. The average molecular weight is 370 g/mol. The Bertz CT molecular complexity index is 743. The number of aliphatic hydroxyl groups excluding tert-OH is 1. The molecule has 0 aliphatic heterocycles. The van der Waals surface area contributed by atoms with Crippen LogP contribution in [0.15, 0.2) is 47.4 Å². The molecule has 0 saturated heterocycles. The summed E-state index contributed by atoms with van der Waals surface area (Å²) in [5.74, 6) is -0.531. The highest BCUT2D eigenvalue weighted by Gasteiger charge is 2.29. The molecule has 0 heterocycles. The van der Waals surface area contributed by atoms with E-state index in [-0.39, 0.29) is 22.0 Å². The average Bonchev–Trinajstić information content (AvgIpc) is 2.48. The van der Waals surface area contributed by atoms with Crippen LogP contribution < -0.4 is 0 Å². The zero-order chi connectivity index (χ0) is 17.9. The summed E-state index contributed by atoms with van der Waals surface area (Å²) in [5, 5.41) is 30.3. The molecule has 0 aliphatic carbocycles. The molecule has 0 amide bonds. The van der Waals surface area contributed by atoms with Gasteiger partial charge in [-0.15, -0.1) is 0 Å². The van der Waals surface area contributed by atoms with Gasteiger partial charge >= 0.3 is 6.80 Å². The van der Waals surface area contributed by atoms with E-state index in [9.17, 15) is 29.7 Å². The fraction of sp³-hybridized carbons (Fsp3) is 0.250. The smallest absolute Gasteiger partial charge is 0.388 e. The molecule has 0 aromatic heterocycles. The van der Waals surface area contributed by atoms with E-state index in [1.165, 1.54) is 30.3 Å². The predicted octanol–water partition coefficient (Wildman–Crippen LogP) is 3.51. The van der Waals surface area contributed by atoms with E-state index in [1.54, 1.807) is 12.1 Å². The summed E-state index contributed by atoms with van der Waals surface area (Å²) < 4.78 is 11.3. The Morgan fingerprint density at radius 3 is 2.25 bits per heavy atom. The zero-order valence-electron chi connectivity index (χ0n) is 12.9. The number of aromatic hydroxyl groups is 2. The van der Waals surface area contributed by atoms with Gasteiger partial charge in [-0.2, -0.15) is 0 Å². The van der Waals surface area contributed by atoms with Gasteiger partial charge in [0.15, 0.2) is 0 Å². The molecule has 24 heavy (non-hydrogen) atoms. The molecule has 0 spiro atoms. The van der Waals surface area contributed by atoms with E-state index in [1.807, 2.05) is 6.92 Å². The van der Waals surface area contributed by atoms with Crippen LogP contribution in [0.5, 0.6) is 11.5 Å². The zero-order valence-corrected chi connectivity index (χ0v) is 14.6. The van der Waals surface area contributed by atoms with Crippen LogP contribution in [0.3, 0.4) is 0 Å². The third kappa shape index (κ3) is 4.53. The van der Waals surface area contributed by atoms with Crippen molar-refractivity contribution in [3.63, 3.8) is 0 Å². The molecule has 8 heteroatoms. The predicted molar refractivity (Wildman–Crippen MR) is 92.1 cm³/mol. The van der Waals surface area contributed by atoms with Crippen molar-refractivity contribution in [3.05, 3.63) is 53.6 Å². The SMILES string of the molecule is CCC(c1ccc(O)cc1)C(O)c1c(O)cccc1SP(=O)(O)O. The topological polar surface area (TPSA) is 118 Å². The third-order valence-electron chi connectivity index (χ3n) is 3.70. The molecule has 2 aromatic carbocycles. The summed E-state index contributed by atoms with van der Waals surface area (Å²) in [6.45, 7) is -2.57. The van der Waals surface area contributed by atoms with Gasteiger partial charge in [-0.05, 0) is 47.6 Å². The fourth-order valence-electron chi connectivity index (χ4n) is 2.60. The quantitative estimate of drug-likeness (QED) is 0.494. The molecule has 130 valence electrons. The maximum Gasteiger partial charge on any atom is 0.388 e. The number of hydrogen-bond donors (Lipinski definition) is 5. The Labute approximate surface area is 143 Å². The van der Waals surface area contributed by atoms with Crippen molar-refractivity contribution < 1.29 is 29.7 Å². The molecule has 0 radical (unpaired) electrons. The minimum Gasteiger partial charge on any atom is -0.508 e. The fourth-order valence-corrected chi connectivity index (χ4v) is 4.57. The van der Waals surface area contributed by atoms with Crippen LogP contribution in [-0.2, 0) is 4.57 Å². The largest absolute Gasteiger partial charge is 0.508 e. The molecular weight excluding hydrogens is 351 g/mol. The minimum atomic E-state index is -4.43. The first-order valence-corrected chi connectivity index (χ1v) is 10.3. The van der Waals surface area contributed by atoms with Gasteiger partial charge in [-0.25, -0.2) is 4.57 Å². The number of hydrogen-bond acceptors (Lipinski definition) is 5. The van der Waals surface area contributed by atoms with Crippen LogP contribution in [0.2, 0.25) is 0 Å². The molecule has 0 saturated carbocycles. The minimum absolute atomic E-state index is 0.0887. The summed E-state index contributed by atoms with van der Waals surface area (Å²) in [5.41, 5.74) is 0.837. The van der Waals surface area contributed by atoms with E-state index < -0.39 is 18.8 Å². The maximum absolute atomic E-state index is 11.3. The van der Waals surface area contributed by atoms with Crippen molar-refractivity contribution in [1.82, 2.24) is 0 Å². The first kappa shape index (κ1) is 18.8. The van der Waals surface area contributed by atoms with Crippen molar-refractivity contribution in [2.45, 2.75) is 30.3 Å². The van der Waals surface area contributed by atoms with E-state index in [2.05, 4.69) is 0 Å². The summed E-state index contributed by atoms with van der Waals surface area (Å²) in [6.07, 6.45) is -0.630. The van der Waals surface area contributed by atoms with Gasteiger partial charge in [0, 0.05) is 16.4 Å². The van der Waals surface area contributed by atoms with Gasteiger partial charge in [0.2, 0.25) is 0 Å². The Hall–Kier alpha value is -1.50. The molecule has 2 rings (SSSR count). The van der Waals surface area contributed by atoms with Crippen LogP contribution in [-0.4, -0.2) is 25.1 Å². The van der Waals surface area contributed by atoms with E-state index in [4.69, 9.17) is 0 Å². The van der Waals surface area contributed by atoms with Crippen LogP contribution in [0, 0.1) is 0 Å². The number of phenolic OH excluding ortho intramolecular Hbond substituents is 2. The second kappa shape index (κ2) is 7.59. The lowest BCUT2D eigenvalue weighted by Gasteiger charge is -2.25. The van der Waals surface area contributed by atoms with Crippen LogP contribution in [0.1, 0.15) is 36.5 Å². The van der Waals surface area contributed by atoms with Gasteiger partial charge in [-0.3, -0.25) is 0 Å². The molecular formula is C16H19O6PS. The second-order valence-electron chi connectivity index (χ2n) is 5.32. The molecule has 0 fully saturated rings. The van der Waals surface area contributed by atoms with E-state index in [0.717, 1.165) is 5.56 Å². The Kier molecular flexibility index (Phi) is 5.96. The highest BCUT2D eigenvalue weighted by atomic mass is 32.7. The van der Waals surface area contributed by atoms with Crippen molar-refractivity contribution in [3.8, 4) is 11.5 Å². The number of aliphatic hydroxyl groups is 1. The molecule has 0 bridgehead atoms. The van der Waals surface area contributed by atoms with Gasteiger partial charge in [0.25, 0.3) is 0 Å².